The summed E-state index contributed by atoms with van der Waals surface area (Å²) in [5, 5.41) is 2.32. The number of alkyl halides is 5. The molecule has 5 nitrogen and oxygen atoms in total. The van der Waals surface area contributed by atoms with Gasteiger partial charge in [-0.1, -0.05) is 0 Å². The van der Waals surface area contributed by atoms with Gasteiger partial charge in [-0.15, -0.1) is 0 Å². The average Bonchev–Trinajstić information content (AvgIpc) is 2.45. The van der Waals surface area contributed by atoms with Crippen LogP contribution in [0, 0.1) is 0 Å². The van der Waals surface area contributed by atoms with Crippen molar-refractivity contribution in [3.8, 4) is 11.5 Å². The molecule has 0 fully saturated rings. The minimum atomic E-state index is -4.43. The summed E-state index contributed by atoms with van der Waals surface area (Å²) in [6.07, 6.45) is -4.43. The summed E-state index contributed by atoms with van der Waals surface area (Å²) < 4.78 is 73.2. The predicted molar refractivity (Wildman–Crippen MR) is 68.8 cm³/mol. The van der Waals surface area contributed by atoms with Crippen LogP contribution in [-0.4, -0.2) is 45.6 Å². The Kier molecular flexibility index (Phi) is 7.01. The molecule has 1 rings (SSSR count). The second-order valence-corrected chi connectivity index (χ2v) is 4.17. The summed E-state index contributed by atoms with van der Waals surface area (Å²) >= 11 is 0. The van der Waals surface area contributed by atoms with Crippen LogP contribution in [0.15, 0.2) is 18.2 Å². The van der Waals surface area contributed by atoms with Gasteiger partial charge in [-0.2, -0.15) is 22.0 Å². The highest BCUT2D eigenvalue weighted by Gasteiger charge is 2.27. The first kappa shape index (κ1) is 18.9. The summed E-state index contributed by atoms with van der Waals surface area (Å²) in [4.78, 5) is 11.8. The van der Waals surface area contributed by atoms with Crippen LogP contribution in [0.3, 0.4) is 0 Å². The van der Waals surface area contributed by atoms with Crippen LogP contribution < -0.4 is 14.8 Å². The second-order valence-electron chi connectivity index (χ2n) is 4.17. The number of carbonyl (C=O) groups is 1. The fourth-order valence-electron chi connectivity index (χ4n) is 1.53. The van der Waals surface area contributed by atoms with Crippen molar-refractivity contribution < 1.29 is 41.0 Å². The van der Waals surface area contributed by atoms with Gasteiger partial charge in [0.2, 0.25) is 0 Å². The lowest BCUT2D eigenvalue weighted by atomic mass is 10.2. The zero-order valence-corrected chi connectivity index (χ0v) is 12.0. The molecule has 0 radical (unpaired) electrons. The van der Waals surface area contributed by atoms with E-state index in [2.05, 4.69) is 14.8 Å². The number of nitrogens with one attached hydrogen (secondary N) is 1. The molecule has 1 N–H and O–H groups in total. The SMILES string of the molecule is COc1cc(C(=O)NCCOCC(F)(F)F)ccc1OC(F)F. The van der Waals surface area contributed by atoms with Crippen molar-refractivity contribution in [3.63, 3.8) is 0 Å². The molecule has 1 amide bonds. The van der Waals surface area contributed by atoms with Gasteiger partial charge in [0.1, 0.15) is 6.61 Å². The normalized spacial score (nSPS) is 11.4. The number of amides is 1. The van der Waals surface area contributed by atoms with Crippen molar-refractivity contribution in [1.82, 2.24) is 5.32 Å². The molecule has 1 aromatic rings. The fourth-order valence-corrected chi connectivity index (χ4v) is 1.53. The molecule has 10 heteroatoms. The lowest BCUT2D eigenvalue weighted by molar-refractivity contribution is -0.173. The molecule has 0 atom stereocenters. The van der Waals surface area contributed by atoms with E-state index in [9.17, 15) is 26.7 Å². The van der Waals surface area contributed by atoms with Gasteiger partial charge in [0.25, 0.3) is 5.91 Å². The van der Waals surface area contributed by atoms with Crippen LogP contribution in [0.25, 0.3) is 0 Å². The first-order valence-corrected chi connectivity index (χ1v) is 6.28. The van der Waals surface area contributed by atoms with Crippen LogP contribution in [0.2, 0.25) is 0 Å². The lowest BCUT2D eigenvalue weighted by Crippen LogP contribution is -2.28. The molecule has 0 unspecified atom stereocenters. The zero-order chi connectivity index (χ0) is 17.5. The van der Waals surface area contributed by atoms with E-state index in [0.717, 1.165) is 6.07 Å². The quantitative estimate of drug-likeness (QED) is 0.582. The number of benzene rings is 1. The predicted octanol–water partition coefficient (Wildman–Crippen LogP) is 2.61. The molecule has 0 aliphatic heterocycles. The summed E-state index contributed by atoms with van der Waals surface area (Å²) in [5.41, 5.74) is 0.0688. The first-order valence-electron chi connectivity index (χ1n) is 6.28. The van der Waals surface area contributed by atoms with Gasteiger partial charge >= 0.3 is 12.8 Å². The molecular weight excluding hydrogens is 329 g/mol. The van der Waals surface area contributed by atoms with E-state index >= 15 is 0 Å². The third-order valence-electron chi connectivity index (χ3n) is 2.44. The minimum absolute atomic E-state index is 0.0688. The Balaban J connectivity index is 2.53. The summed E-state index contributed by atoms with van der Waals surface area (Å²) in [6, 6.07) is 3.51. The molecule has 0 aliphatic carbocycles. The molecule has 130 valence electrons. The largest absolute Gasteiger partial charge is 0.493 e. The van der Waals surface area contributed by atoms with Crippen LogP contribution in [0.1, 0.15) is 10.4 Å². The third kappa shape index (κ3) is 7.13. The molecule has 23 heavy (non-hydrogen) atoms. The molecule has 0 saturated heterocycles. The maximum atomic E-state index is 12.2. The van der Waals surface area contributed by atoms with Crippen molar-refractivity contribution in [3.05, 3.63) is 23.8 Å². The van der Waals surface area contributed by atoms with Gasteiger partial charge in [0.15, 0.2) is 11.5 Å². The highest BCUT2D eigenvalue weighted by molar-refractivity contribution is 5.94. The molecule has 0 aliphatic rings. The first-order chi connectivity index (χ1) is 10.7. The van der Waals surface area contributed by atoms with E-state index in [0.29, 0.717) is 0 Å². The van der Waals surface area contributed by atoms with E-state index in [1.807, 2.05) is 0 Å². The van der Waals surface area contributed by atoms with Gasteiger partial charge in [-0.05, 0) is 18.2 Å². The fraction of sp³-hybridized carbons (Fsp3) is 0.462. The third-order valence-corrected chi connectivity index (χ3v) is 2.44. The highest BCUT2D eigenvalue weighted by Crippen LogP contribution is 2.29. The summed E-state index contributed by atoms with van der Waals surface area (Å²) in [5.74, 6) is -0.943. The number of hydrogen-bond donors (Lipinski definition) is 1. The molecule has 0 saturated carbocycles. The smallest absolute Gasteiger partial charge is 0.411 e. The van der Waals surface area contributed by atoms with Crippen molar-refractivity contribution in [2.24, 2.45) is 0 Å². The van der Waals surface area contributed by atoms with E-state index in [1.165, 1.54) is 19.2 Å². The van der Waals surface area contributed by atoms with Gasteiger partial charge in [0.05, 0.1) is 13.7 Å². The number of halogens is 5. The molecule has 0 spiro atoms. The van der Waals surface area contributed by atoms with E-state index in [1.54, 1.807) is 0 Å². The Hall–Kier alpha value is -2.10. The Bertz CT molecular complexity index is 522. The molecule has 0 aromatic heterocycles. The van der Waals surface area contributed by atoms with Crippen LogP contribution in [0.4, 0.5) is 22.0 Å². The second kappa shape index (κ2) is 8.51. The van der Waals surface area contributed by atoms with Gasteiger partial charge in [-0.3, -0.25) is 4.79 Å². The van der Waals surface area contributed by atoms with Crippen molar-refractivity contribution in [2.75, 3.05) is 26.9 Å². The minimum Gasteiger partial charge on any atom is -0.493 e. The molecular formula is C13H14F5NO4. The maximum Gasteiger partial charge on any atom is 0.411 e. The maximum absolute atomic E-state index is 12.2. The highest BCUT2D eigenvalue weighted by atomic mass is 19.4. The van der Waals surface area contributed by atoms with E-state index in [4.69, 9.17) is 4.74 Å². The Morgan fingerprint density at radius 3 is 2.52 bits per heavy atom. The van der Waals surface area contributed by atoms with Gasteiger partial charge < -0.3 is 19.5 Å². The van der Waals surface area contributed by atoms with E-state index in [-0.39, 0.29) is 30.2 Å². The molecule has 0 heterocycles. The van der Waals surface area contributed by atoms with Gasteiger partial charge in [-0.25, -0.2) is 0 Å². The Morgan fingerprint density at radius 1 is 1.26 bits per heavy atom. The van der Waals surface area contributed by atoms with Crippen molar-refractivity contribution in [2.45, 2.75) is 12.8 Å². The zero-order valence-electron chi connectivity index (χ0n) is 12.0. The molecule has 1 aromatic carbocycles. The number of hydrogen-bond acceptors (Lipinski definition) is 4. The monoisotopic (exact) mass is 343 g/mol. The number of methoxy groups -OCH3 is 1. The number of rotatable bonds is 8. The Morgan fingerprint density at radius 2 is 1.96 bits per heavy atom. The average molecular weight is 343 g/mol. The van der Waals surface area contributed by atoms with Crippen molar-refractivity contribution >= 4 is 5.91 Å². The lowest BCUT2D eigenvalue weighted by Gasteiger charge is -2.12. The summed E-state index contributed by atoms with van der Waals surface area (Å²) in [7, 11) is 1.21. The molecule has 0 bridgehead atoms. The number of carbonyl (C=O) groups excluding carboxylic acids is 1. The summed E-state index contributed by atoms with van der Waals surface area (Å²) in [6.45, 7) is -4.92. The van der Waals surface area contributed by atoms with Crippen LogP contribution in [0.5, 0.6) is 11.5 Å². The number of ether oxygens (including phenoxy) is 3. The van der Waals surface area contributed by atoms with Crippen molar-refractivity contribution in [1.29, 1.82) is 0 Å². The van der Waals surface area contributed by atoms with Crippen LogP contribution in [-0.2, 0) is 4.74 Å². The topological polar surface area (TPSA) is 56.8 Å². The standard InChI is InChI=1S/C13H14F5NO4/c1-21-10-6-8(2-3-9(10)23-12(14)15)11(20)19-4-5-22-7-13(16,17)18/h2-3,6,12H,4-5,7H2,1H3,(H,19,20). The van der Waals surface area contributed by atoms with E-state index < -0.39 is 25.3 Å². The Labute approximate surface area is 128 Å². The van der Waals surface area contributed by atoms with Crippen LogP contribution >= 0.6 is 0 Å². The van der Waals surface area contributed by atoms with Gasteiger partial charge in [0, 0.05) is 12.1 Å².